The number of nitrogens with zero attached hydrogens (tertiary/aromatic N) is 1. The van der Waals surface area contributed by atoms with Crippen LogP contribution >= 0.6 is 0 Å². The number of fused-ring (bicyclic) bond motifs is 1. The van der Waals surface area contributed by atoms with Crippen LogP contribution in [0.25, 0.3) is 0 Å². The molecule has 2 heteroatoms. The molecular weight excluding hydrogens is 318 g/mol. The van der Waals surface area contributed by atoms with Gasteiger partial charge in [-0.3, -0.25) is 4.90 Å². The summed E-state index contributed by atoms with van der Waals surface area (Å²) in [6.07, 6.45) is 4.16. The average Bonchev–Trinajstić information content (AvgIpc) is 3.22. The molecule has 1 saturated heterocycles. The molecule has 0 spiro atoms. The van der Waals surface area contributed by atoms with Gasteiger partial charge >= 0.3 is 0 Å². The van der Waals surface area contributed by atoms with E-state index in [0.29, 0.717) is 18.0 Å². The molecule has 2 fully saturated rings. The van der Waals surface area contributed by atoms with Gasteiger partial charge in [-0.25, -0.2) is 0 Å². The van der Waals surface area contributed by atoms with Crippen LogP contribution in [0.3, 0.4) is 0 Å². The average molecular weight is 350 g/mol. The van der Waals surface area contributed by atoms with Crippen molar-refractivity contribution in [1.82, 2.24) is 4.90 Å². The van der Waals surface area contributed by atoms with Gasteiger partial charge in [-0.05, 0) is 53.9 Å². The van der Waals surface area contributed by atoms with Crippen LogP contribution in [-0.2, 0) is 6.54 Å². The monoisotopic (exact) mass is 349 g/mol. The Kier molecular flexibility index (Phi) is 5.04. The lowest BCUT2D eigenvalue weighted by molar-refractivity contribution is 0.124. The normalized spacial score (nSPS) is 28.5. The molecule has 2 nitrogen and oxygen atoms in total. The molecule has 2 aliphatic rings. The molecule has 0 N–H and O–H groups in total. The third kappa shape index (κ3) is 3.16. The fourth-order valence-electron chi connectivity index (χ4n) is 5.63. The number of hydrogen-bond acceptors (Lipinski definition) is 2. The zero-order valence-corrected chi connectivity index (χ0v) is 16.3. The van der Waals surface area contributed by atoms with E-state index in [4.69, 9.17) is 4.74 Å². The van der Waals surface area contributed by atoms with Crippen LogP contribution in [0.15, 0.2) is 54.6 Å². The quantitative estimate of drug-likeness (QED) is 0.687. The van der Waals surface area contributed by atoms with E-state index in [1.54, 1.807) is 7.11 Å². The van der Waals surface area contributed by atoms with Gasteiger partial charge in [0.2, 0.25) is 0 Å². The molecule has 4 rings (SSSR count). The molecule has 0 bridgehead atoms. The molecule has 1 aliphatic heterocycles. The minimum atomic E-state index is 0.529. The molecule has 2 aromatic rings. The highest BCUT2D eigenvalue weighted by Gasteiger charge is 2.51. The molecule has 0 aromatic heterocycles. The van der Waals surface area contributed by atoms with Crippen LogP contribution in [-0.4, -0.2) is 18.1 Å². The van der Waals surface area contributed by atoms with Crippen molar-refractivity contribution < 1.29 is 4.74 Å². The van der Waals surface area contributed by atoms with Crippen molar-refractivity contribution >= 4 is 0 Å². The number of likely N-dealkylation sites (tertiary alicyclic amines) is 1. The highest BCUT2D eigenvalue weighted by atomic mass is 16.5. The maximum absolute atomic E-state index is 5.39. The smallest absolute Gasteiger partial charge is 0.118 e. The van der Waals surface area contributed by atoms with Crippen LogP contribution in [0.5, 0.6) is 5.75 Å². The second-order valence-corrected chi connectivity index (χ2v) is 8.37. The maximum atomic E-state index is 5.39. The summed E-state index contributed by atoms with van der Waals surface area (Å²) >= 11 is 0. The molecule has 1 saturated carbocycles. The van der Waals surface area contributed by atoms with Crippen LogP contribution in [0.2, 0.25) is 0 Å². The summed E-state index contributed by atoms with van der Waals surface area (Å²) < 4.78 is 5.39. The fourth-order valence-corrected chi connectivity index (χ4v) is 5.63. The van der Waals surface area contributed by atoms with E-state index < -0.39 is 0 Å². The van der Waals surface area contributed by atoms with Gasteiger partial charge < -0.3 is 4.74 Å². The van der Waals surface area contributed by atoms with Crippen molar-refractivity contribution in [3.63, 3.8) is 0 Å². The topological polar surface area (TPSA) is 12.5 Å². The molecule has 26 heavy (non-hydrogen) atoms. The van der Waals surface area contributed by atoms with Gasteiger partial charge in [0.15, 0.2) is 0 Å². The number of rotatable bonds is 5. The van der Waals surface area contributed by atoms with E-state index in [2.05, 4.69) is 73.3 Å². The summed E-state index contributed by atoms with van der Waals surface area (Å²) in [4.78, 5) is 2.82. The molecule has 4 atom stereocenters. The number of benzene rings is 2. The SMILES string of the molecule is COc1ccc([C@H]2[C@@H]3CCC[C@@H]3[C@H](C(C)C)N2Cc2ccccc2)cc1. The van der Waals surface area contributed by atoms with Crippen molar-refractivity contribution in [2.45, 2.75) is 51.7 Å². The lowest BCUT2D eigenvalue weighted by atomic mass is 9.84. The highest BCUT2D eigenvalue weighted by molar-refractivity contribution is 5.31. The van der Waals surface area contributed by atoms with E-state index in [-0.39, 0.29) is 0 Å². The van der Waals surface area contributed by atoms with Crippen LogP contribution in [0.4, 0.5) is 0 Å². The first-order valence-corrected chi connectivity index (χ1v) is 10.1. The van der Waals surface area contributed by atoms with Crippen molar-refractivity contribution in [1.29, 1.82) is 0 Å². The first kappa shape index (κ1) is 17.6. The third-order valence-corrected chi connectivity index (χ3v) is 6.56. The lowest BCUT2D eigenvalue weighted by Gasteiger charge is -2.35. The van der Waals surface area contributed by atoms with Crippen molar-refractivity contribution in [2.24, 2.45) is 17.8 Å². The summed E-state index contributed by atoms with van der Waals surface area (Å²) in [5, 5.41) is 0. The first-order chi connectivity index (χ1) is 12.7. The van der Waals surface area contributed by atoms with Gasteiger partial charge in [0, 0.05) is 18.6 Å². The van der Waals surface area contributed by atoms with Gasteiger partial charge in [0.1, 0.15) is 5.75 Å². The predicted octanol–water partition coefficient (Wildman–Crippen LogP) is 5.69. The lowest BCUT2D eigenvalue weighted by Crippen LogP contribution is -2.37. The van der Waals surface area contributed by atoms with Gasteiger partial charge in [-0.15, -0.1) is 0 Å². The van der Waals surface area contributed by atoms with Crippen LogP contribution < -0.4 is 4.74 Å². The molecule has 2 aromatic carbocycles. The second kappa shape index (κ2) is 7.44. The molecule has 0 unspecified atom stereocenters. The minimum absolute atomic E-state index is 0.529. The van der Waals surface area contributed by atoms with Gasteiger partial charge in [0.25, 0.3) is 0 Å². The Morgan fingerprint density at radius 1 is 0.962 bits per heavy atom. The standard InChI is InChI=1S/C24H31NO/c1-17(2)23-21-10-7-11-22(21)24(19-12-14-20(26-3)15-13-19)25(23)16-18-8-5-4-6-9-18/h4-6,8-9,12-15,17,21-24H,7,10-11,16H2,1-3H3/t21-,22+,23-,24-/m0/s1. The van der Waals surface area contributed by atoms with Crippen molar-refractivity contribution in [3.05, 3.63) is 65.7 Å². The number of ether oxygens (including phenoxy) is 1. The van der Waals surface area contributed by atoms with Gasteiger partial charge in [-0.2, -0.15) is 0 Å². The van der Waals surface area contributed by atoms with E-state index in [9.17, 15) is 0 Å². The Morgan fingerprint density at radius 2 is 1.65 bits per heavy atom. The Hall–Kier alpha value is -1.80. The Morgan fingerprint density at radius 3 is 2.31 bits per heavy atom. The van der Waals surface area contributed by atoms with Crippen molar-refractivity contribution in [3.8, 4) is 5.75 Å². The zero-order chi connectivity index (χ0) is 18.1. The fraction of sp³-hybridized carbons (Fsp3) is 0.500. The van der Waals surface area contributed by atoms with Gasteiger partial charge in [0.05, 0.1) is 7.11 Å². The summed E-state index contributed by atoms with van der Waals surface area (Å²) in [6.45, 7) is 5.87. The van der Waals surface area contributed by atoms with E-state index in [1.165, 1.54) is 30.4 Å². The second-order valence-electron chi connectivity index (χ2n) is 8.37. The number of hydrogen-bond donors (Lipinski definition) is 0. The molecule has 0 amide bonds. The Labute approximate surface area is 158 Å². The predicted molar refractivity (Wildman–Crippen MR) is 107 cm³/mol. The van der Waals surface area contributed by atoms with Crippen LogP contribution in [0.1, 0.15) is 50.3 Å². The molecule has 138 valence electrons. The summed E-state index contributed by atoms with van der Waals surface area (Å²) in [5.74, 6) is 3.27. The largest absolute Gasteiger partial charge is 0.497 e. The molecule has 0 radical (unpaired) electrons. The molecule has 1 aliphatic carbocycles. The molecular formula is C24H31NO. The summed E-state index contributed by atoms with van der Waals surface area (Å²) in [7, 11) is 1.74. The highest BCUT2D eigenvalue weighted by Crippen LogP contribution is 2.54. The van der Waals surface area contributed by atoms with Crippen molar-refractivity contribution in [2.75, 3.05) is 7.11 Å². The Bertz CT molecular complexity index is 709. The maximum Gasteiger partial charge on any atom is 0.118 e. The number of methoxy groups -OCH3 is 1. The molecule has 1 heterocycles. The zero-order valence-electron chi connectivity index (χ0n) is 16.3. The summed E-state index contributed by atoms with van der Waals surface area (Å²) in [6, 6.07) is 21.0. The Balaban J connectivity index is 1.71. The van der Waals surface area contributed by atoms with E-state index in [1.807, 2.05) is 0 Å². The minimum Gasteiger partial charge on any atom is -0.497 e. The van der Waals surface area contributed by atoms with Crippen LogP contribution in [0, 0.1) is 17.8 Å². The van der Waals surface area contributed by atoms with Gasteiger partial charge in [-0.1, -0.05) is 62.7 Å². The van der Waals surface area contributed by atoms with E-state index >= 15 is 0 Å². The third-order valence-electron chi connectivity index (χ3n) is 6.56. The van der Waals surface area contributed by atoms with E-state index in [0.717, 1.165) is 24.1 Å². The first-order valence-electron chi connectivity index (χ1n) is 10.1. The summed E-state index contributed by atoms with van der Waals surface area (Å²) in [5.41, 5.74) is 2.89.